The molecule has 8 nitrogen and oxygen atoms in total. The summed E-state index contributed by atoms with van der Waals surface area (Å²) in [5.74, 6) is -0.702. The summed E-state index contributed by atoms with van der Waals surface area (Å²) in [6.07, 6.45) is 1.47. The third-order valence-corrected chi connectivity index (χ3v) is 5.36. The highest BCUT2D eigenvalue weighted by molar-refractivity contribution is 8.18. The predicted octanol–water partition coefficient (Wildman–Crippen LogP) is 3.93. The highest BCUT2D eigenvalue weighted by atomic mass is 35.5. The maximum absolute atomic E-state index is 12.7. The van der Waals surface area contributed by atoms with Gasteiger partial charge in [0, 0.05) is 5.56 Å². The first kappa shape index (κ1) is 22.5. The van der Waals surface area contributed by atoms with E-state index in [9.17, 15) is 14.4 Å². The van der Waals surface area contributed by atoms with Gasteiger partial charge in [-0.1, -0.05) is 35.9 Å². The van der Waals surface area contributed by atoms with Crippen molar-refractivity contribution in [2.45, 2.75) is 0 Å². The highest BCUT2D eigenvalue weighted by Gasteiger charge is 2.35. The van der Waals surface area contributed by atoms with Gasteiger partial charge in [-0.05, 0) is 36.0 Å². The first-order chi connectivity index (χ1) is 14.9. The molecule has 3 rings (SSSR count). The number of carboxylic acid groups (broad SMARTS) is 1. The van der Waals surface area contributed by atoms with Gasteiger partial charge in [-0.3, -0.25) is 14.5 Å². The van der Waals surface area contributed by atoms with Crippen LogP contribution in [0.3, 0.4) is 0 Å². The van der Waals surface area contributed by atoms with Gasteiger partial charge in [-0.15, -0.1) is 0 Å². The summed E-state index contributed by atoms with van der Waals surface area (Å²) in [7, 11) is 1.42. The number of aliphatic carboxylic acids is 1. The number of carboxylic acids is 1. The van der Waals surface area contributed by atoms with E-state index in [0.29, 0.717) is 22.1 Å². The maximum atomic E-state index is 12.7. The Morgan fingerprint density at radius 3 is 2.58 bits per heavy atom. The van der Waals surface area contributed by atoms with Gasteiger partial charge in [0.2, 0.25) is 0 Å². The Bertz CT molecular complexity index is 1040. The molecule has 162 valence electrons. The van der Waals surface area contributed by atoms with Gasteiger partial charge < -0.3 is 19.3 Å². The lowest BCUT2D eigenvalue weighted by atomic mass is 10.1. The molecule has 0 spiro atoms. The standard InChI is InChI=1S/C21H18ClNO7S/c1-28-16-8-4-5-13(19(16)30-12-18(24)25)11-17-20(26)23(21(27)31-17)9-10-29-15-7-3-2-6-14(15)22/h2-8,11H,9-10,12H2,1H3,(H,24,25)/b17-11-. The average Bonchev–Trinajstić information content (AvgIpc) is 3.01. The molecule has 1 aliphatic rings. The largest absolute Gasteiger partial charge is 0.493 e. The van der Waals surface area contributed by atoms with Crippen LogP contribution in [0.1, 0.15) is 5.56 Å². The number of rotatable bonds is 9. The SMILES string of the molecule is COc1cccc(/C=C2\SC(=O)N(CCOc3ccccc3Cl)C2=O)c1OCC(=O)O. The van der Waals surface area contributed by atoms with Crippen molar-refractivity contribution in [3.63, 3.8) is 0 Å². The lowest BCUT2D eigenvalue weighted by molar-refractivity contribution is -0.139. The minimum absolute atomic E-state index is 0.0493. The fraction of sp³-hybridized carbons (Fsp3) is 0.190. The number of benzene rings is 2. The second kappa shape index (κ2) is 10.2. The zero-order valence-corrected chi connectivity index (χ0v) is 17.9. The minimum Gasteiger partial charge on any atom is -0.493 e. The van der Waals surface area contributed by atoms with E-state index in [4.69, 9.17) is 30.9 Å². The molecule has 1 aliphatic heterocycles. The van der Waals surface area contributed by atoms with Crippen LogP contribution in [0.4, 0.5) is 4.79 Å². The van der Waals surface area contributed by atoms with Gasteiger partial charge in [0.1, 0.15) is 12.4 Å². The van der Waals surface area contributed by atoms with Crippen LogP contribution >= 0.6 is 23.4 Å². The number of ether oxygens (including phenoxy) is 3. The van der Waals surface area contributed by atoms with Crippen LogP contribution in [-0.4, -0.2) is 54.0 Å². The second-order valence-electron chi connectivity index (χ2n) is 6.17. The fourth-order valence-corrected chi connectivity index (χ4v) is 3.78. The maximum Gasteiger partial charge on any atom is 0.341 e. The van der Waals surface area contributed by atoms with E-state index in [1.807, 2.05) is 0 Å². The first-order valence-electron chi connectivity index (χ1n) is 9.05. The van der Waals surface area contributed by atoms with Crippen molar-refractivity contribution in [3.05, 3.63) is 58.0 Å². The van der Waals surface area contributed by atoms with Crippen LogP contribution in [-0.2, 0) is 9.59 Å². The quantitative estimate of drug-likeness (QED) is 0.558. The molecular formula is C21H18ClNO7S. The summed E-state index contributed by atoms with van der Waals surface area (Å²) >= 11 is 6.81. The number of hydrogen-bond donors (Lipinski definition) is 1. The number of nitrogens with zero attached hydrogens (tertiary/aromatic N) is 1. The van der Waals surface area contributed by atoms with Crippen molar-refractivity contribution in [1.29, 1.82) is 0 Å². The Hall–Kier alpha value is -3.17. The van der Waals surface area contributed by atoms with Gasteiger partial charge in [-0.25, -0.2) is 4.79 Å². The Kier molecular flexibility index (Phi) is 7.43. The number of halogens is 1. The highest BCUT2D eigenvalue weighted by Crippen LogP contribution is 2.37. The molecule has 2 aromatic rings. The molecule has 1 fully saturated rings. The number of amides is 2. The lowest BCUT2D eigenvalue weighted by Crippen LogP contribution is -2.32. The third kappa shape index (κ3) is 5.50. The molecule has 2 amide bonds. The molecule has 1 saturated heterocycles. The van der Waals surface area contributed by atoms with Crippen LogP contribution in [0.5, 0.6) is 17.2 Å². The summed E-state index contributed by atoms with van der Waals surface area (Å²) < 4.78 is 16.1. The Balaban J connectivity index is 1.74. The summed E-state index contributed by atoms with van der Waals surface area (Å²) in [5.41, 5.74) is 0.415. The van der Waals surface area contributed by atoms with E-state index >= 15 is 0 Å². The molecule has 0 saturated carbocycles. The smallest absolute Gasteiger partial charge is 0.341 e. The van der Waals surface area contributed by atoms with E-state index in [2.05, 4.69) is 0 Å². The number of methoxy groups -OCH3 is 1. The molecule has 0 atom stereocenters. The van der Waals surface area contributed by atoms with E-state index < -0.39 is 23.7 Å². The van der Waals surface area contributed by atoms with Crippen molar-refractivity contribution >= 4 is 46.6 Å². The van der Waals surface area contributed by atoms with Gasteiger partial charge in [0.05, 0.1) is 23.6 Å². The second-order valence-corrected chi connectivity index (χ2v) is 7.57. The van der Waals surface area contributed by atoms with Gasteiger partial charge in [-0.2, -0.15) is 0 Å². The van der Waals surface area contributed by atoms with Crippen LogP contribution < -0.4 is 14.2 Å². The van der Waals surface area contributed by atoms with Crippen molar-refractivity contribution in [3.8, 4) is 17.2 Å². The number of carbonyl (C=O) groups is 3. The number of imide groups is 1. The summed E-state index contributed by atoms with van der Waals surface area (Å²) in [4.78, 5) is 37.2. The first-order valence-corrected chi connectivity index (χ1v) is 10.2. The number of carbonyl (C=O) groups excluding carboxylic acids is 2. The summed E-state index contributed by atoms with van der Waals surface area (Å²) in [6.45, 7) is -0.447. The molecule has 0 bridgehead atoms. The monoisotopic (exact) mass is 463 g/mol. The van der Waals surface area contributed by atoms with Crippen molar-refractivity contribution in [2.75, 3.05) is 26.9 Å². The normalized spacial score (nSPS) is 14.8. The number of thioether (sulfide) groups is 1. The molecule has 1 heterocycles. The molecule has 0 aromatic heterocycles. The Labute approximate surface area is 187 Å². The zero-order chi connectivity index (χ0) is 22.4. The molecule has 0 radical (unpaired) electrons. The van der Waals surface area contributed by atoms with E-state index in [-0.39, 0.29) is 23.8 Å². The van der Waals surface area contributed by atoms with Gasteiger partial charge >= 0.3 is 5.97 Å². The van der Waals surface area contributed by atoms with Crippen LogP contribution in [0.15, 0.2) is 47.4 Å². The van der Waals surface area contributed by atoms with Crippen LogP contribution in [0.25, 0.3) is 6.08 Å². The average molecular weight is 464 g/mol. The molecule has 0 aliphatic carbocycles. The molecule has 2 aromatic carbocycles. The van der Waals surface area contributed by atoms with Gasteiger partial charge in [0.25, 0.3) is 11.1 Å². The Morgan fingerprint density at radius 2 is 1.87 bits per heavy atom. The van der Waals surface area contributed by atoms with Gasteiger partial charge in [0.15, 0.2) is 18.1 Å². The van der Waals surface area contributed by atoms with E-state index in [1.165, 1.54) is 13.2 Å². The molecule has 10 heteroatoms. The Morgan fingerprint density at radius 1 is 1.13 bits per heavy atom. The van der Waals surface area contributed by atoms with Crippen molar-refractivity contribution in [2.24, 2.45) is 0 Å². The lowest BCUT2D eigenvalue weighted by Gasteiger charge is -2.14. The third-order valence-electron chi connectivity index (χ3n) is 4.14. The minimum atomic E-state index is -1.16. The van der Waals surface area contributed by atoms with Crippen LogP contribution in [0, 0.1) is 0 Å². The summed E-state index contributed by atoms with van der Waals surface area (Å²) in [6, 6.07) is 11.8. The predicted molar refractivity (Wildman–Crippen MR) is 116 cm³/mol. The summed E-state index contributed by atoms with van der Waals surface area (Å²) in [5, 5.41) is 8.89. The topological polar surface area (TPSA) is 102 Å². The van der Waals surface area contributed by atoms with Crippen molar-refractivity contribution < 1.29 is 33.7 Å². The fourth-order valence-electron chi connectivity index (χ4n) is 2.74. The number of hydrogen-bond acceptors (Lipinski definition) is 7. The number of para-hydroxylation sites is 2. The molecule has 0 unspecified atom stereocenters. The molecule has 1 N–H and O–H groups in total. The molecular weight excluding hydrogens is 446 g/mol. The van der Waals surface area contributed by atoms with Crippen LogP contribution in [0.2, 0.25) is 5.02 Å². The van der Waals surface area contributed by atoms with E-state index in [1.54, 1.807) is 42.5 Å². The zero-order valence-electron chi connectivity index (χ0n) is 16.4. The molecule has 31 heavy (non-hydrogen) atoms. The van der Waals surface area contributed by atoms with E-state index in [0.717, 1.165) is 16.7 Å². The van der Waals surface area contributed by atoms with Crippen molar-refractivity contribution in [1.82, 2.24) is 4.90 Å².